The third kappa shape index (κ3) is 4.82. The highest BCUT2D eigenvalue weighted by atomic mass is 35.5. The maximum atomic E-state index is 13.8. The fourth-order valence-electron chi connectivity index (χ4n) is 2.53. The zero-order chi connectivity index (χ0) is 20.1. The minimum Gasteiger partial charge on any atom is -0.494 e. The minimum atomic E-state index is -0.454. The summed E-state index contributed by atoms with van der Waals surface area (Å²) in [7, 11) is 3.08. The van der Waals surface area contributed by atoms with Gasteiger partial charge >= 0.3 is 0 Å². The number of methoxy groups -OCH3 is 1. The second-order valence-corrected chi connectivity index (χ2v) is 7.35. The number of hydrogen-bond donors (Lipinski definition) is 0. The third-order valence-electron chi connectivity index (χ3n) is 3.99. The first kappa shape index (κ1) is 20.2. The van der Waals surface area contributed by atoms with E-state index in [1.165, 1.54) is 29.8 Å². The van der Waals surface area contributed by atoms with Crippen LogP contribution in [-0.4, -0.2) is 45.5 Å². The van der Waals surface area contributed by atoms with Crippen LogP contribution in [0.4, 0.5) is 4.39 Å². The van der Waals surface area contributed by atoms with Crippen molar-refractivity contribution >= 4 is 29.3 Å². The lowest BCUT2D eigenvalue weighted by Crippen LogP contribution is -2.28. The number of amides is 1. The summed E-state index contributed by atoms with van der Waals surface area (Å²) in [6.07, 6.45) is 1.57. The van der Waals surface area contributed by atoms with E-state index in [0.717, 1.165) is 5.69 Å². The van der Waals surface area contributed by atoms with E-state index in [-0.39, 0.29) is 17.4 Å². The number of hydrogen-bond acceptors (Lipinski definition) is 5. The molecule has 0 bridgehead atoms. The van der Waals surface area contributed by atoms with Gasteiger partial charge in [0.1, 0.15) is 6.33 Å². The standard InChI is InChI=1S/C19H18ClFN4O2S/c1-24(10-13-6-7-17(27-2)16(21)8-13)18(26)11-28-19-23-22-12-25(19)15-5-3-4-14(20)9-15/h3-9,12H,10-11H2,1-2H3. The summed E-state index contributed by atoms with van der Waals surface area (Å²) in [4.78, 5) is 14.0. The molecule has 0 fully saturated rings. The molecule has 0 spiro atoms. The van der Waals surface area contributed by atoms with Gasteiger partial charge in [0, 0.05) is 18.6 Å². The van der Waals surface area contributed by atoms with E-state index in [0.29, 0.717) is 22.3 Å². The van der Waals surface area contributed by atoms with Crippen LogP contribution in [0.15, 0.2) is 53.9 Å². The van der Waals surface area contributed by atoms with Crippen molar-refractivity contribution in [3.05, 3.63) is 65.2 Å². The molecule has 1 amide bonds. The molecule has 0 saturated heterocycles. The molecule has 0 aliphatic rings. The van der Waals surface area contributed by atoms with Crippen LogP contribution in [-0.2, 0) is 11.3 Å². The van der Waals surface area contributed by atoms with Crippen molar-refractivity contribution < 1.29 is 13.9 Å². The van der Waals surface area contributed by atoms with Crippen molar-refractivity contribution in [2.45, 2.75) is 11.7 Å². The Bertz CT molecular complexity index is 982. The molecule has 0 saturated carbocycles. The molecule has 6 nitrogen and oxygen atoms in total. The van der Waals surface area contributed by atoms with Crippen LogP contribution in [0, 0.1) is 5.82 Å². The summed E-state index contributed by atoms with van der Waals surface area (Å²) in [6.45, 7) is 0.293. The second-order valence-electron chi connectivity index (χ2n) is 5.97. The lowest BCUT2D eigenvalue weighted by atomic mass is 10.2. The molecule has 1 aromatic heterocycles. The summed E-state index contributed by atoms with van der Waals surface area (Å²) < 4.78 is 20.5. The molecule has 0 radical (unpaired) electrons. The molecule has 3 rings (SSSR count). The minimum absolute atomic E-state index is 0.109. The molecule has 2 aromatic carbocycles. The van der Waals surface area contributed by atoms with Gasteiger partial charge in [0.2, 0.25) is 5.91 Å². The van der Waals surface area contributed by atoms with Crippen LogP contribution in [0.25, 0.3) is 5.69 Å². The topological polar surface area (TPSA) is 60.2 Å². The second kappa shape index (κ2) is 9.07. The Kier molecular flexibility index (Phi) is 6.53. The normalized spacial score (nSPS) is 10.7. The van der Waals surface area contributed by atoms with Gasteiger partial charge in [-0.05, 0) is 35.9 Å². The Balaban J connectivity index is 1.61. The highest BCUT2D eigenvalue weighted by Crippen LogP contribution is 2.22. The van der Waals surface area contributed by atoms with E-state index in [1.54, 1.807) is 42.2 Å². The van der Waals surface area contributed by atoms with Crippen LogP contribution >= 0.6 is 23.4 Å². The van der Waals surface area contributed by atoms with Crippen LogP contribution in [0.2, 0.25) is 5.02 Å². The number of benzene rings is 2. The first-order valence-electron chi connectivity index (χ1n) is 8.33. The predicted molar refractivity (Wildman–Crippen MR) is 107 cm³/mol. The van der Waals surface area contributed by atoms with E-state index in [1.807, 2.05) is 12.1 Å². The van der Waals surface area contributed by atoms with Gasteiger partial charge in [-0.2, -0.15) is 0 Å². The maximum absolute atomic E-state index is 13.8. The van der Waals surface area contributed by atoms with Crippen molar-refractivity contribution in [1.82, 2.24) is 19.7 Å². The molecule has 1 heterocycles. The monoisotopic (exact) mass is 420 g/mol. The predicted octanol–water partition coefficient (Wildman–Crippen LogP) is 3.82. The molecule has 0 unspecified atom stereocenters. The van der Waals surface area contributed by atoms with Crippen molar-refractivity contribution in [2.24, 2.45) is 0 Å². The fraction of sp³-hybridized carbons (Fsp3) is 0.211. The number of rotatable bonds is 7. The lowest BCUT2D eigenvalue weighted by Gasteiger charge is -2.17. The van der Waals surface area contributed by atoms with Gasteiger partial charge in [0.05, 0.1) is 18.6 Å². The Morgan fingerprint density at radius 3 is 2.86 bits per heavy atom. The summed E-state index contributed by atoms with van der Waals surface area (Å²) in [5, 5.41) is 9.17. The van der Waals surface area contributed by atoms with Gasteiger partial charge in [0.25, 0.3) is 0 Å². The van der Waals surface area contributed by atoms with Gasteiger partial charge < -0.3 is 9.64 Å². The van der Waals surface area contributed by atoms with Crippen LogP contribution in [0.1, 0.15) is 5.56 Å². The van der Waals surface area contributed by atoms with E-state index in [9.17, 15) is 9.18 Å². The Hall–Kier alpha value is -2.58. The molecule has 28 heavy (non-hydrogen) atoms. The van der Waals surface area contributed by atoms with E-state index >= 15 is 0 Å². The molecular formula is C19H18ClFN4O2S. The summed E-state index contributed by atoms with van der Waals surface area (Å²) in [6, 6.07) is 11.9. The molecule has 0 aliphatic heterocycles. The average molecular weight is 421 g/mol. The zero-order valence-electron chi connectivity index (χ0n) is 15.3. The van der Waals surface area contributed by atoms with Crippen LogP contribution in [0.5, 0.6) is 5.75 Å². The van der Waals surface area contributed by atoms with E-state index in [2.05, 4.69) is 10.2 Å². The summed E-state index contributed by atoms with van der Waals surface area (Å²) >= 11 is 7.31. The third-order valence-corrected chi connectivity index (χ3v) is 5.15. The highest BCUT2D eigenvalue weighted by molar-refractivity contribution is 7.99. The number of carbonyl (C=O) groups is 1. The number of carbonyl (C=O) groups excluding carboxylic acids is 1. The van der Waals surface area contributed by atoms with Gasteiger partial charge in [-0.25, -0.2) is 4.39 Å². The fourth-order valence-corrected chi connectivity index (χ4v) is 3.59. The van der Waals surface area contributed by atoms with E-state index in [4.69, 9.17) is 16.3 Å². The molecule has 0 N–H and O–H groups in total. The highest BCUT2D eigenvalue weighted by Gasteiger charge is 2.14. The molecule has 3 aromatic rings. The largest absolute Gasteiger partial charge is 0.494 e. The van der Waals surface area contributed by atoms with Gasteiger partial charge in [-0.3, -0.25) is 9.36 Å². The van der Waals surface area contributed by atoms with Crippen molar-refractivity contribution in [1.29, 1.82) is 0 Å². The molecule has 146 valence electrons. The van der Waals surface area contributed by atoms with Gasteiger partial charge in [0.15, 0.2) is 16.7 Å². The number of nitrogens with zero attached hydrogens (tertiary/aromatic N) is 4. The summed E-state index contributed by atoms with van der Waals surface area (Å²) in [5.74, 6) is -0.214. The number of thioether (sulfide) groups is 1. The molecular weight excluding hydrogens is 403 g/mol. The first-order chi connectivity index (χ1) is 13.5. The Morgan fingerprint density at radius 1 is 1.32 bits per heavy atom. The number of halogens is 2. The number of aromatic nitrogens is 3. The molecule has 9 heteroatoms. The van der Waals surface area contributed by atoms with Crippen molar-refractivity contribution in [2.75, 3.05) is 19.9 Å². The zero-order valence-corrected chi connectivity index (χ0v) is 16.9. The maximum Gasteiger partial charge on any atom is 0.233 e. The average Bonchev–Trinajstić information content (AvgIpc) is 3.15. The Labute approximate surface area is 171 Å². The molecule has 0 aliphatic carbocycles. The molecule has 0 atom stereocenters. The first-order valence-corrected chi connectivity index (χ1v) is 9.69. The Morgan fingerprint density at radius 2 is 2.14 bits per heavy atom. The van der Waals surface area contributed by atoms with Crippen molar-refractivity contribution in [3.63, 3.8) is 0 Å². The van der Waals surface area contributed by atoms with E-state index < -0.39 is 5.82 Å². The lowest BCUT2D eigenvalue weighted by molar-refractivity contribution is -0.127. The van der Waals surface area contributed by atoms with Crippen LogP contribution in [0.3, 0.4) is 0 Å². The van der Waals surface area contributed by atoms with Crippen molar-refractivity contribution in [3.8, 4) is 11.4 Å². The van der Waals surface area contributed by atoms with Gasteiger partial charge in [-0.15, -0.1) is 10.2 Å². The summed E-state index contributed by atoms with van der Waals surface area (Å²) in [5.41, 5.74) is 1.50. The smallest absolute Gasteiger partial charge is 0.233 e. The quantitative estimate of drug-likeness (QED) is 0.544. The van der Waals surface area contributed by atoms with Gasteiger partial charge in [-0.1, -0.05) is 35.5 Å². The SMILES string of the molecule is COc1ccc(CN(C)C(=O)CSc2nncn2-c2cccc(Cl)c2)cc1F. The number of ether oxygens (including phenoxy) is 1. The van der Waals surface area contributed by atoms with Crippen LogP contribution < -0.4 is 4.74 Å².